The highest BCUT2D eigenvalue weighted by molar-refractivity contribution is 5.19. The third-order valence-electron chi connectivity index (χ3n) is 2.30. The summed E-state index contributed by atoms with van der Waals surface area (Å²) >= 11 is 0. The molecule has 0 aromatic carbocycles. The van der Waals surface area contributed by atoms with Crippen LogP contribution in [0.15, 0.2) is 48.1 Å². The normalized spacial score (nSPS) is 14.0. The molecule has 84 valence electrons. The predicted molar refractivity (Wildman–Crippen MR) is 70.9 cm³/mol. The fourth-order valence-electron chi connectivity index (χ4n) is 1.20. The van der Waals surface area contributed by atoms with Crippen molar-refractivity contribution in [1.82, 2.24) is 0 Å². The van der Waals surface area contributed by atoms with Crippen LogP contribution in [0.25, 0.3) is 0 Å². The minimum absolute atomic E-state index is 0.648. The van der Waals surface area contributed by atoms with Crippen LogP contribution in [-0.4, -0.2) is 0 Å². The van der Waals surface area contributed by atoms with Crippen LogP contribution in [0.4, 0.5) is 0 Å². The quantitative estimate of drug-likeness (QED) is 0.419. The Labute approximate surface area is 95.1 Å². The van der Waals surface area contributed by atoms with E-state index >= 15 is 0 Å². The van der Waals surface area contributed by atoms with E-state index in [-0.39, 0.29) is 0 Å². The van der Waals surface area contributed by atoms with E-state index in [1.807, 2.05) is 6.08 Å². The summed E-state index contributed by atoms with van der Waals surface area (Å²) in [4.78, 5) is 0. The largest absolute Gasteiger partial charge is 0.0988 e. The van der Waals surface area contributed by atoms with Gasteiger partial charge in [-0.1, -0.05) is 55.0 Å². The topological polar surface area (TPSA) is 0 Å². The molecule has 0 rings (SSSR count). The van der Waals surface area contributed by atoms with Gasteiger partial charge in [-0.05, 0) is 39.5 Å². The lowest BCUT2D eigenvalue weighted by atomic mass is 10.0. The van der Waals surface area contributed by atoms with Crippen molar-refractivity contribution >= 4 is 0 Å². The van der Waals surface area contributed by atoms with Gasteiger partial charge in [-0.25, -0.2) is 0 Å². The van der Waals surface area contributed by atoms with Crippen molar-refractivity contribution in [2.45, 2.75) is 40.5 Å². The molecule has 0 aliphatic carbocycles. The van der Waals surface area contributed by atoms with Gasteiger partial charge in [0.05, 0.1) is 0 Å². The molecule has 1 atom stereocenters. The lowest BCUT2D eigenvalue weighted by molar-refractivity contribution is 0.656. The molecule has 0 saturated heterocycles. The molecule has 0 nitrogen and oxygen atoms in total. The van der Waals surface area contributed by atoms with Crippen LogP contribution in [0.1, 0.15) is 40.5 Å². The van der Waals surface area contributed by atoms with Gasteiger partial charge < -0.3 is 0 Å². The van der Waals surface area contributed by atoms with Crippen molar-refractivity contribution in [1.29, 1.82) is 0 Å². The molecule has 0 aliphatic rings. The second-order valence-electron chi connectivity index (χ2n) is 4.34. The molecular formula is C15H24. The molecule has 0 bridgehead atoms. The Hall–Kier alpha value is -1.04. The molecule has 0 aromatic heterocycles. The molecule has 0 N–H and O–H groups in total. The SMILES string of the molecule is C=C/C(C)=C\C=C\C(C)CCC=C(C)C. The van der Waals surface area contributed by atoms with Crippen LogP contribution >= 0.6 is 0 Å². The smallest absolute Gasteiger partial charge is 0.0256 e. The van der Waals surface area contributed by atoms with Gasteiger partial charge in [0.25, 0.3) is 0 Å². The van der Waals surface area contributed by atoms with Crippen molar-refractivity contribution in [3.63, 3.8) is 0 Å². The third kappa shape index (κ3) is 9.27. The summed E-state index contributed by atoms with van der Waals surface area (Å²) in [6, 6.07) is 0. The summed E-state index contributed by atoms with van der Waals surface area (Å²) in [5.74, 6) is 0.648. The summed E-state index contributed by atoms with van der Waals surface area (Å²) < 4.78 is 0. The average Bonchev–Trinajstić information content (AvgIpc) is 2.17. The van der Waals surface area contributed by atoms with Gasteiger partial charge in [-0.2, -0.15) is 0 Å². The highest BCUT2D eigenvalue weighted by atomic mass is 14.0. The van der Waals surface area contributed by atoms with E-state index in [2.05, 4.69) is 58.6 Å². The van der Waals surface area contributed by atoms with E-state index in [4.69, 9.17) is 0 Å². The lowest BCUT2D eigenvalue weighted by Crippen LogP contribution is -1.87. The second kappa shape index (κ2) is 8.28. The molecule has 0 aromatic rings. The summed E-state index contributed by atoms with van der Waals surface area (Å²) in [5.41, 5.74) is 2.62. The molecule has 0 heteroatoms. The molecule has 15 heavy (non-hydrogen) atoms. The van der Waals surface area contributed by atoms with Crippen LogP contribution < -0.4 is 0 Å². The van der Waals surface area contributed by atoms with Crippen LogP contribution in [-0.2, 0) is 0 Å². The zero-order chi connectivity index (χ0) is 11.7. The molecule has 0 saturated carbocycles. The van der Waals surface area contributed by atoms with Crippen molar-refractivity contribution in [2.75, 3.05) is 0 Å². The van der Waals surface area contributed by atoms with E-state index in [1.54, 1.807) is 0 Å². The van der Waals surface area contributed by atoms with Crippen molar-refractivity contribution in [3.8, 4) is 0 Å². The zero-order valence-corrected chi connectivity index (χ0v) is 10.6. The number of rotatable bonds is 6. The van der Waals surface area contributed by atoms with Crippen LogP contribution in [0.2, 0.25) is 0 Å². The Bertz CT molecular complexity index is 260. The molecule has 1 unspecified atom stereocenters. The lowest BCUT2D eigenvalue weighted by Gasteiger charge is -2.02. The highest BCUT2D eigenvalue weighted by Gasteiger charge is 1.93. The van der Waals surface area contributed by atoms with Gasteiger partial charge in [0.15, 0.2) is 0 Å². The van der Waals surface area contributed by atoms with Crippen molar-refractivity contribution < 1.29 is 0 Å². The van der Waals surface area contributed by atoms with Crippen molar-refractivity contribution in [2.24, 2.45) is 5.92 Å². The Morgan fingerprint density at radius 3 is 2.47 bits per heavy atom. The maximum absolute atomic E-state index is 3.72. The molecule has 0 heterocycles. The first-order valence-corrected chi connectivity index (χ1v) is 5.67. The number of hydrogen-bond donors (Lipinski definition) is 0. The molecule has 0 amide bonds. The van der Waals surface area contributed by atoms with Crippen LogP contribution in [0.3, 0.4) is 0 Å². The Balaban J connectivity index is 3.88. The maximum atomic E-state index is 3.72. The van der Waals surface area contributed by atoms with Gasteiger partial charge in [0.2, 0.25) is 0 Å². The Morgan fingerprint density at radius 2 is 1.93 bits per heavy atom. The van der Waals surface area contributed by atoms with Gasteiger partial charge >= 0.3 is 0 Å². The standard InChI is InChI=1S/C15H24/c1-6-14(4)10-8-12-15(5)11-7-9-13(2)3/h6,8-10,12,15H,1,7,11H2,2-5H3/b12-8+,14-10-. The first-order valence-electron chi connectivity index (χ1n) is 5.67. The van der Waals surface area contributed by atoms with Crippen molar-refractivity contribution in [3.05, 3.63) is 48.1 Å². The van der Waals surface area contributed by atoms with Crippen LogP contribution in [0.5, 0.6) is 0 Å². The first kappa shape index (κ1) is 14.0. The highest BCUT2D eigenvalue weighted by Crippen LogP contribution is 2.09. The maximum Gasteiger partial charge on any atom is -0.0256 e. The van der Waals surface area contributed by atoms with Gasteiger partial charge in [0, 0.05) is 0 Å². The van der Waals surface area contributed by atoms with Crippen LogP contribution in [0, 0.1) is 5.92 Å². The van der Waals surface area contributed by atoms with E-state index in [0.29, 0.717) is 5.92 Å². The summed E-state index contributed by atoms with van der Waals surface area (Å²) in [6.07, 6.45) is 13.1. The van der Waals surface area contributed by atoms with Gasteiger partial charge in [-0.15, -0.1) is 0 Å². The van der Waals surface area contributed by atoms with E-state index in [1.165, 1.54) is 24.0 Å². The molecule has 0 fully saturated rings. The van der Waals surface area contributed by atoms with Gasteiger partial charge in [0.1, 0.15) is 0 Å². The van der Waals surface area contributed by atoms with E-state index in [0.717, 1.165) is 0 Å². The fraction of sp³-hybridized carbons (Fsp3) is 0.467. The van der Waals surface area contributed by atoms with Gasteiger partial charge in [-0.3, -0.25) is 0 Å². The Morgan fingerprint density at radius 1 is 1.27 bits per heavy atom. The minimum Gasteiger partial charge on any atom is -0.0988 e. The molecule has 0 radical (unpaired) electrons. The van der Waals surface area contributed by atoms with E-state index in [9.17, 15) is 0 Å². The summed E-state index contributed by atoms with van der Waals surface area (Å²) in [7, 11) is 0. The zero-order valence-electron chi connectivity index (χ0n) is 10.6. The fourth-order valence-corrected chi connectivity index (χ4v) is 1.20. The predicted octanol–water partition coefficient (Wildman–Crippen LogP) is 5.06. The number of hydrogen-bond acceptors (Lipinski definition) is 0. The number of allylic oxidation sites excluding steroid dienone is 7. The summed E-state index contributed by atoms with van der Waals surface area (Å²) in [5, 5.41) is 0. The molecular weight excluding hydrogens is 180 g/mol. The summed E-state index contributed by atoms with van der Waals surface area (Å²) in [6.45, 7) is 12.3. The third-order valence-corrected chi connectivity index (χ3v) is 2.30. The Kier molecular flexibility index (Phi) is 7.71. The minimum atomic E-state index is 0.648. The first-order chi connectivity index (χ1) is 7.06. The van der Waals surface area contributed by atoms with E-state index < -0.39 is 0 Å². The second-order valence-corrected chi connectivity index (χ2v) is 4.34. The molecule has 0 aliphatic heterocycles. The molecule has 0 spiro atoms. The monoisotopic (exact) mass is 204 g/mol. The average molecular weight is 204 g/mol.